The first-order valence-electron chi connectivity index (χ1n) is 7.19. The maximum absolute atomic E-state index is 10.5. The molecule has 0 unspecified atom stereocenters. The Labute approximate surface area is 116 Å². The standard InChI is InChI=1S/C18H24O/c1-5-6-9-13-12-16(18(2,3)4)17(19)15-11-8-7-10-14(13)15/h7-8,10-12,19H,5-6,9H2,1-4H3. The molecule has 2 rings (SSSR count). The number of aryl methyl sites for hydroxylation is 1. The maximum atomic E-state index is 10.5. The average Bonchev–Trinajstić information content (AvgIpc) is 2.37. The Hall–Kier alpha value is -1.50. The number of fused-ring (bicyclic) bond motifs is 1. The SMILES string of the molecule is CCCCc1cc(C(C)(C)C)c(O)c2ccccc12. The molecule has 0 radical (unpaired) electrons. The van der Waals surface area contributed by atoms with Crippen LogP contribution in [0.5, 0.6) is 5.75 Å². The van der Waals surface area contributed by atoms with Crippen LogP contribution in [0.25, 0.3) is 10.8 Å². The van der Waals surface area contributed by atoms with Crippen LogP contribution in [0.15, 0.2) is 30.3 Å². The van der Waals surface area contributed by atoms with Crippen molar-refractivity contribution >= 4 is 10.8 Å². The van der Waals surface area contributed by atoms with Gasteiger partial charge in [-0.05, 0) is 29.2 Å². The Kier molecular flexibility index (Phi) is 3.84. The monoisotopic (exact) mass is 256 g/mol. The molecule has 0 amide bonds. The molecule has 0 bridgehead atoms. The summed E-state index contributed by atoms with van der Waals surface area (Å²) >= 11 is 0. The molecule has 0 saturated carbocycles. The Morgan fingerprint density at radius 2 is 1.68 bits per heavy atom. The van der Waals surface area contributed by atoms with E-state index in [0.717, 1.165) is 17.4 Å². The summed E-state index contributed by atoms with van der Waals surface area (Å²) < 4.78 is 0. The van der Waals surface area contributed by atoms with Crippen molar-refractivity contribution in [1.29, 1.82) is 0 Å². The molecule has 1 nitrogen and oxygen atoms in total. The van der Waals surface area contributed by atoms with Gasteiger partial charge in [-0.1, -0.05) is 64.4 Å². The number of phenols is 1. The molecule has 0 spiro atoms. The van der Waals surface area contributed by atoms with Gasteiger partial charge >= 0.3 is 0 Å². The number of hydrogen-bond acceptors (Lipinski definition) is 1. The fraction of sp³-hybridized carbons (Fsp3) is 0.444. The van der Waals surface area contributed by atoms with Crippen LogP contribution < -0.4 is 0 Å². The molecule has 0 aromatic heterocycles. The lowest BCUT2D eigenvalue weighted by atomic mass is 9.82. The van der Waals surface area contributed by atoms with E-state index in [9.17, 15) is 5.11 Å². The van der Waals surface area contributed by atoms with E-state index in [2.05, 4.69) is 39.8 Å². The van der Waals surface area contributed by atoms with Crippen molar-refractivity contribution in [1.82, 2.24) is 0 Å². The molecule has 0 aliphatic carbocycles. The maximum Gasteiger partial charge on any atom is 0.127 e. The van der Waals surface area contributed by atoms with Crippen molar-refractivity contribution in [2.75, 3.05) is 0 Å². The van der Waals surface area contributed by atoms with Gasteiger partial charge in [-0.15, -0.1) is 0 Å². The van der Waals surface area contributed by atoms with Gasteiger partial charge in [0.15, 0.2) is 0 Å². The van der Waals surface area contributed by atoms with Gasteiger partial charge in [0.1, 0.15) is 5.75 Å². The first-order valence-corrected chi connectivity index (χ1v) is 7.19. The van der Waals surface area contributed by atoms with Crippen LogP contribution in [0.4, 0.5) is 0 Å². The third-order valence-electron chi connectivity index (χ3n) is 3.71. The molecule has 0 fully saturated rings. The van der Waals surface area contributed by atoms with Crippen molar-refractivity contribution in [2.24, 2.45) is 0 Å². The highest BCUT2D eigenvalue weighted by molar-refractivity contribution is 5.92. The number of hydrogen-bond donors (Lipinski definition) is 1. The third kappa shape index (κ3) is 2.75. The summed E-state index contributed by atoms with van der Waals surface area (Å²) in [6, 6.07) is 10.4. The lowest BCUT2D eigenvalue weighted by molar-refractivity contribution is 0.452. The highest BCUT2D eigenvalue weighted by Gasteiger charge is 2.21. The lowest BCUT2D eigenvalue weighted by Gasteiger charge is -2.23. The summed E-state index contributed by atoms with van der Waals surface area (Å²) in [5.74, 6) is 0.448. The molecular formula is C18H24O. The average molecular weight is 256 g/mol. The first kappa shape index (κ1) is 13.9. The van der Waals surface area contributed by atoms with Crippen molar-refractivity contribution in [3.63, 3.8) is 0 Å². The number of unbranched alkanes of at least 4 members (excludes halogenated alkanes) is 1. The molecule has 1 heteroatoms. The van der Waals surface area contributed by atoms with Crippen LogP contribution in [0.2, 0.25) is 0 Å². The molecule has 0 aliphatic rings. The van der Waals surface area contributed by atoms with Gasteiger partial charge in [0.05, 0.1) is 0 Å². The van der Waals surface area contributed by atoms with E-state index in [1.54, 1.807) is 0 Å². The second kappa shape index (κ2) is 5.24. The Bertz CT molecular complexity index is 576. The summed E-state index contributed by atoms with van der Waals surface area (Å²) in [6.07, 6.45) is 3.47. The van der Waals surface area contributed by atoms with Gasteiger partial charge in [-0.3, -0.25) is 0 Å². The predicted molar refractivity (Wildman–Crippen MR) is 82.9 cm³/mol. The lowest BCUT2D eigenvalue weighted by Crippen LogP contribution is -2.12. The Morgan fingerprint density at radius 3 is 2.26 bits per heavy atom. The molecule has 0 heterocycles. The van der Waals surface area contributed by atoms with Crippen LogP contribution in [-0.2, 0) is 11.8 Å². The molecule has 2 aromatic rings. The number of benzene rings is 2. The molecule has 0 aliphatic heterocycles. The third-order valence-corrected chi connectivity index (χ3v) is 3.71. The Balaban J connectivity index is 2.69. The van der Waals surface area contributed by atoms with Crippen LogP contribution in [0.3, 0.4) is 0 Å². The topological polar surface area (TPSA) is 20.2 Å². The quantitative estimate of drug-likeness (QED) is 0.801. The zero-order valence-electron chi connectivity index (χ0n) is 12.5. The fourth-order valence-electron chi connectivity index (χ4n) is 2.58. The van der Waals surface area contributed by atoms with Crippen LogP contribution >= 0.6 is 0 Å². The molecule has 1 N–H and O–H groups in total. The van der Waals surface area contributed by atoms with Gasteiger partial charge in [0.25, 0.3) is 0 Å². The minimum Gasteiger partial charge on any atom is -0.507 e. The summed E-state index contributed by atoms with van der Waals surface area (Å²) in [7, 11) is 0. The summed E-state index contributed by atoms with van der Waals surface area (Å²) in [5.41, 5.74) is 2.38. The minimum atomic E-state index is -0.0327. The van der Waals surface area contributed by atoms with Gasteiger partial charge in [0.2, 0.25) is 0 Å². The first-order chi connectivity index (χ1) is 8.95. The zero-order chi connectivity index (χ0) is 14.0. The highest BCUT2D eigenvalue weighted by atomic mass is 16.3. The van der Waals surface area contributed by atoms with E-state index in [1.165, 1.54) is 23.8 Å². The van der Waals surface area contributed by atoms with Gasteiger partial charge in [-0.25, -0.2) is 0 Å². The van der Waals surface area contributed by atoms with Gasteiger partial charge in [0, 0.05) is 10.9 Å². The van der Waals surface area contributed by atoms with Crippen molar-refractivity contribution in [2.45, 2.75) is 52.4 Å². The molecule has 0 saturated heterocycles. The summed E-state index contributed by atoms with van der Waals surface area (Å²) in [5, 5.41) is 12.7. The summed E-state index contributed by atoms with van der Waals surface area (Å²) in [4.78, 5) is 0. The highest BCUT2D eigenvalue weighted by Crippen LogP contribution is 2.38. The largest absolute Gasteiger partial charge is 0.507 e. The van der Waals surface area contributed by atoms with Crippen LogP contribution in [0.1, 0.15) is 51.7 Å². The number of rotatable bonds is 3. The van der Waals surface area contributed by atoms with Crippen LogP contribution in [-0.4, -0.2) is 5.11 Å². The van der Waals surface area contributed by atoms with E-state index >= 15 is 0 Å². The number of aromatic hydroxyl groups is 1. The van der Waals surface area contributed by atoms with Crippen LogP contribution in [0, 0.1) is 0 Å². The van der Waals surface area contributed by atoms with E-state index in [-0.39, 0.29) is 5.41 Å². The van der Waals surface area contributed by atoms with E-state index < -0.39 is 0 Å². The molecule has 0 atom stereocenters. The number of phenolic OH excluding ortho intramolecular Hbond substituents is 1. The summed E-state index contributed by atoms with van der Waals surface area (Å²) in [6.45, 7) is 8.68. The fourth-order valence-corrected chi connectivity index (χ4v) is 2.58. The molecule has 102 valence electrons. The minimum absolute atomic E-state index is 0.0327. The van der Waals surface area contributed by atoms with Crippen molar-refractivity contribution in [3.8, 4) is 5.75 Å². The van der Waals surface area contributed by atoms with Crippen molar-refractivity contribution in [3.05, 3.63) is 41.5 Å². The molecular weight excluding hydrogens is 232 g/mol. The second-order valence-electron chi connectivity index (χ2n) is 6.33. The van der Waals surface area contributed by atoms with Crippen molar-refractivity contribution < 1.29 is 5.11 Å². The normalized spacial score (nSPS) is 12.0. The smallest absolute Gasteiger partial charge is 0.127 e. The second-order valence-corrected chi connectivity index (χ2v) is 6.33. The van der Waals surface area contributed by atoms with Gasteiger partial charge in [-0.2, -0.15) is 0 Å². The predicted octanol–water partition coefficient (Wildman–Crippen LogP) is 5.19. The zero-order valence-corrected chi connectivity index (χ0v) is 12.5. The molecule has 19 heavy (non-hydrogen) atoms. The van der Waals surface area contributed by atoms with E-state index in [0.29, 0.717) is 5.75 Å². The van der Waals surface area contributed by atoms with Gasteiger partial charge < -0.3 is 5.11 Å². The molecule has 2 aromatic carbocycles. The van der Waals surface area contributed by atoms with E-state index in [4.69, 9.17) is 0 Å². The Morgan fingerprint density at radius 1 is 1.05 bits per heavy atom. The van der Waals surface area contributed by atoms with E-state index in [1.807, 2.05) is 18.2 Å².